The van der Waals surface area contributed by atoms with Gasteiger partial charge in [0.15, 0.2) is 18.9 Å². The molecule has 0 aromatic rings. The van der Waals surface area contributed by atoms with Crippen molar-refractivity contribution in [1.29, 1.82) is 0 Å². The number of aliphatic hydroxyl groups is 11. The number of aliphatic hydroxyl groups excluding tert-OH is 11. The predicted octanol–water partition coefficient (Wildman–Crippen LogP) is 5.65. The molecular weight excluding hydrogens is 1030 g/mol. The van der Waals surface area contributed by atoms with Gasteiger partial charge in [0, 0.05) is 6.42 Å². The standard InChI is InChI=1S/C61H107NO18/c1-3-5-7-9-11-13-15-17-18-19-20-21-22-23-24-25-26-27-29-31-33-35-37-39-49(67)62-44(45(66)38-36-34-32-30-28-16-14-12-10-8-6-4-2)43-75-59-55(73)52(70)57(47(41-64)77-59)80-61-56(74)53(71)58(48(42-65)78-61)79-60-54(72)51(69)50(68)46(40-63)76-60/h15,17,19-20,22-23,28,30,36,38,44-48,50-61,63-66,68-74H,3-14,16,18,21,24-27,29,31-35,37,39-43H2,1-2H3,(H,62,67)/b17-15-,20-19-,23-22-,30-28+,38-36+. The Hall–Kier alpha value is -2.51. The van der Waals surface area contributed by atoms with Crippen molar-refractivity contribution in [3.63, 3.8) is 0 Å². The summed E-state index contributed by atoms with van der Waals surface area (Å²) < 4.78 is 34.2. The molecule has 80 heavy (non-hydrogen) atoms. The van der Waals surface area contributed by atoms with E-state index in [1.165, 1.54) is 89.9 Å². The van der Waals surface area contributed by atoms with E-state index in [-0.39, 0.29) is 18.9 Å². The minimum absolute atomic E-state index is 0.224. The van der Waals surface area contributed by atoms with Gasteiger partial charge in [-0.1, -0.05) is 171 Å². The van der Waals surface area contributed by atoms with Crippen molar-refractivity contribution in [2.45, 2.75) is 291 Å². The molecule has 464 valence electrons. The Morgan fingerprint density at radius 3 is 1.34 bits per heavy atom. The summed E-state index contributed by atoms with van der Waals surface area (Å²) in [6.07, 6.45) is 23.5. The highest BCUT2D eigenvalue weighted by molar-refractivity contribution is 5.76. The second kappa shape index (κ2) is 44.0. The van der Waals surface area contributed by atoms with Gasteiger partial charge >= 0.3 is 0 Å². The molecule has 3 heterocycles. The first-order valence-electron chi connectivity index (χ1n) is 30.5. The number of ether oxygens (including phenoxy) is 6. The first-order chi connectivity index (χ1) is 38.8. The van der Waals surface area contributed by atoms with Crippen molar-refractivity contribution in [3.8, 4) is 0 Å². The van der Waals surface area contributed by atoms with Gasteiger partial charge in [-0.25, -0.2) is 0 Å². The SMILES string of the molecule is CCCCCCC/C=C\C/C=C\C/C=C\CCCCCCCCCCC(=O)NC(COC1OC(CO)C(OC2OC(CO)C(OC3OC(CO)C(O)C(O)C3O)C(O)C2O)C(O)C1O)C(O)/C=C/CC/C=C/CCCCCCCC. The van der Waals surface area contributed by atoms with Gasteiger partial charge in [-0.2, -0.15) is 0 Å². The lowest BCUT2D eigenvalue weighted by Crippen LogP contribution is -2.66. The molecular formula is C61H107NO18. The number of rotatable bonds is 44. The number of nitrogens with one attached hydrogen (secondary N) is 1. The molecule has 1 amide bonds. The molecule has 3 aliphatic rings. The van der Waals surface area contributed by atoms with Crippen LogP contribution < -0.4 is 5.32 Å². The van der Waals surface area contributed by atoms with Gasteiger partial charge < -0.3 is 89.9 Å². The third-order valence-electron chi connectivity index (χ3n) is 15.0. The summed E-state index contributed by atoms with van der Waals surface area (Å²) in [5, 5.41) is 120. The van der Waals surface area contributed by atoms with Gasteiger partial charge in [0.1, 0.15) is 73.2 Å². The van der Waals surface area contributed by atoms with E-state index in [1.54, 1.807) is 6.08 Å². The highest BCUT2D eigenvalue weighted by atomic mass is 16.8. The summed E-state index contributed by atoms with van der Waals surface area (Å²) >= 11 is 0. The summed E-state index contributed by atoms with van der Waals surface area (Å²) in [4.78, 5) is 13.3. The summed E-state index contributed by atoms with van der Waals surface area (Å²) in [5.41, 5.74) is 0. The lowest BCUT2D eigenvalue weighted by molar-refractivity contribution is -0.379. The van der Waals surface area contributed by atoms with Crippen LogP contribution in [0.3, 0.4) is 0 Å². The second-order valence-corrected chi connectivity index (χ2v) is 21.8. The number of carbonyl (C=O) groups is 1. The third-order valence-corrected chi connectivity index (χ3v) is 15.0. The summed E-state index contributed by atoms with van der Waals surface area (Å²) in [6.45, 7) is 1.65. The fourth-order valence-corrected chi connectivity index (χ4v) is 9.98. The van der Waals surface area contributed by atoms with Gasteiger partial charge in [-0.15, -0.1) is 0 Å². The highest BCUT2D eigenvalue weighted by Crippen LogP contribution is 2.33. The number of hydrogen-bond donors (Lipinski definition) is 12. The average molecular weight is 1140 g/mol. The van der Waals surface area contributed by atoms with Crippen molar-refractivity contribution in [2.75, 3.05) is 26.4 Å². The van der Waals surface area contributed by atoms with Crippen molar-refractivity contribution < 1.29 is 89.4 Å². The number of hydrogen-bond acceptors (Lipinski definition) is 18. The number of unbranched alkanes of at least 4 members (excludes halogenated alkanes) is 20. The van der Waals surface area contributed by atoms with Crippen molar-refractivity contribution in [1.82, 2.24) is 5.32 Å². The van der Waals surface area contributed by atoms with Crippen LogP contribution in [0.15, 0.2) is 60.8 Å². The van der Waals surface area contributed by atoms with Gasteiger partial charge in [0.25, 0.3) is 0 Å². The summed E-state index contributed by atoms with van der Waals surface area (Å²) in [5.74, 6) is -0.297. The molecule has 0 radical (unpaired) electrons. The van der Waals surface area contributed by atoms with Crippen LogP contribution in [0.25, 0.3) is 0 Å². The van der Waals surface area contributed by atoms with Crippen molar-refractivity contribution in [2.24, 2.45) is 0 Å². The van der Waals surface area contributed by atoms with E-state index in [4.69, 9.17) is 28.4 Å². The molecule has 3 rings (SSSR count). The van der Waals surface area contributed by atoms with Crippen LogP contribution in [0.2, 0.25) is 0 Å². The van der Waals surface area contributed by atoms with Gasteiger partial charge in [0.2, 0.25) is 5.91 Å². The average Bonchev–Trinajstić information content (AvgIpc) is 3.45. The zero-order chi connectivity index (χ0) is 58.3. The second-order valence-electron chi connectivity index (χ2n) is 21.8. The topological polar surface area (TPSA) is 307 Å². The lowest BCUT2D eigenvalue weighted by atomic mass is 9.96. The first-order valence-corrected chi connectivity index (χ1v) is 30.5. The lowest BCUT2D eigenvalue weighted by Gasteiger charge is -2.48. The molecule has 0 aliphatic carbocycles. The Bertz CT molecular complexity index is 1700. The van der Waals surface area contributed by atoms with Gasteiger partial charge in [-0.05, 0) is 70.6 Å². The normalized spacial score (nSPS) is 30.4. The Balaban J connectivity index is 1.48. The van der Waals surface area contributed by atoms with E-state index in [0.717, 1.165) is 64.2 Å². The zero-order valence-corrected chi connectivity index (χ0v) is 48.3. The molecule has 17 unspecified atom stereocenters. The molecule has 0 saturated carbocycles. The number of allylic oxidation sites excluding steroid dienone is 9. The number of carbonyl (C=O) groups excluding carboxylic acids is 1. The fraction of sp³-hybridized carbons (Fsp3) is 0.820. The zero-order valence-electron chi connectivity index (χ0n) is 48.3. The molecule has 3 aliphatic heterocycles. The van der Waals surface area contributed by atoms with E-state index < -0.39 is 124 Å². The van der Waals surface area contributed by atoms with Gasteiger partial charge in [-0.3, -0.25) is 4.79 Å². The molecule has 19 nitrogen and oxygen atoms in total. The molecule has 19 heteroatoms. The van der Waals surface area contributed by atoms with Crippen LogP contribution in [0.5, 0.6) is 0 Å². The van der Waals surface area contributed by atoms with Crippen LogP contribution in [0, 0.1) is 0 Å². The van der Waals surface area contributed by atoms with Crippen LogP contribution in [0.1, 0.15) is 187 Å². The molecule has 3 fully saturated rings. The summed E-state index contributed by atoms with van der Waals surface area (Å²) in [7, 11) is 0. The van der Waals surface area contributed by atoms with Gasteiger partial charge in [0.05, 0.1) is 38.6 Å². The smallest absolute Gasteiger partial charge is 0.220 e. The predicted molar refractivity (Wildman–Crippen MR) is 305 cm³/mol. The Morgan fingerprint density at radius 1 is 0.450 bits per heavy atom. The van der Waals surface area contributed by atoms with Crippen LogP contribution in [0.4, 0.5) is 0 Å². The Morgan fingerprint density at radius 2 is 0.838 bits per heavy atom. The maximum absolute atomic E-state index is 13.3. The maximum Gasteiger partial charge on any atom is 0.220 e. The summed E-state index contributed by atoms with van der Waals surface area (Å²) in [6, 6.07) is -0.995. The minimum atomic E-state index is -1.98. The van der Waals surface area contributed by atoms with Crippen molar-refractivity contribution >= 4 is 5.91 Å². The largest absolute Gasteiger partial charge is 0.394 e. The molecule has 17 atom stereocenters. The molecule has 12 N–H and O–H groups in total. The van der Waals surface area contributed by atoms with E-state index in [0.29, 0.717) is 12.8 Å². The first kappa shape index (κ1) is 71.8. The molecule has 0 aromatic heterocycles. The maximum atomic E-state index is 13.3. The molecule has 0 spiro atoms. The monoisotopic (exact) mass is 1140 g/mol. The van der Waals surface area contributed by atoms with Crippen LogP contribution in [-0.4, -0.2) is 193 Å². The van der Waals surface area contributed by atoms with Crippen LogP contribution >= 0.6 is 0 Å². The van der Waals surface area contributed by atoms with E-state index in [2.05, 4.69) is 67.8 Å². The quantitative estimate of drug-likeness (QED) is 0.0259. The highest BCUT2D eigenvalue weighted by Gasteiger charge is 2.53. The fourth-order valence-electron chi connectivity index (χ4n) is 9.98. The molecule has 3 saturated heterocycles. The number of amides is 1. The Labute approximate surface area is 477 Å². The molecule has 0 aromatic carbocycles. The van der Waals surface area contributed by atoms with E-state index >= 15 is 0 Å². The Kier molecular flexibility index (Phi) is 39.5. The molecule has 0 bridgehead atoms. The van der Waals surface area contributed by atoms with E-state index in [1.807, 2.05) is 6.08 Å². The van der Waals surface area contributed by atoms with Crippen LogP contribution in [-0.2, 0) is 33.2 Å². The van der Waals surface area contributed by atoms with E-state index in [9.17, 15) is 61.0 Å². The third kappa shape index (κ3) is 27.5. The van der Waals surface area contributed by atoms with Crippen molar-refractivity contribution in [3.05, 3.63) is 60.8 Å². The minimum Gasteiger partial charge on any atom is -0.394 e.